The van der Waals surface area contributed by atoms with Crippen molar-refractivity contribution in [3.8, 4) is 0 Å². The smallest absolute Gasteiger partial charge is 0.191 e. The van der Waals surface area contributed by atoms with Gasteiger partial charge in [0.15, 0.2) is 11.1 Å². The normalized spacial score (nSPS) is 12.2. The van der Waals surface area contributed by atoms with Crippen LogP contribution in [0.25, 0.3) is 0 Å². The summed E-state index contributed by atoms with van der Waals surface area (Å²) >= 11 is 1.61. The molecule has 2 aromatic rings. The first-order valence-corrected chi connectivity index (χ1v) is 9.79. The Bertz CT molecular complexity index is 691. The van der Waals surface area contributed by atoms with Crippen molar-refractivity contribution in [1.29, 1.82) is 0 Å². The third kappa shape index (κ3) is 7.28. The van der Waals surface area contributed by atoms with E-state index in [1.165, 1.54) is 0 Å². The minimum atomic E-state index is -1.01. The summed E-state index contributed by atoms with van der Waals surface area (Å²) in [5, 5.41) is 9.41. The minimum Gasteiger partial charge on any atom is -0.355 e. The van der Waals surface area contributed by atoms with Gasteiger partial charge in [-0.3, -0.25) is 9.20 Å². The van der Waals surface area contributed by atoms with Crippen LogP contribution in [0.3, 0.4) is 0 Å². The summed E-state index contributed by atoms with van der Waals surface area (Å²) in [5.74, 6) is 1.21. The Morgan fingerprint density at radius 1 is 1.28 bits per heavy atom. The number of aromatic nitrogens is 1. The molecule has 0 aliphatic heterocycles. The number of anilines is 1. The van der Waals surface area contributed by atoms with E-state index >= 15 is 0 Å². The number of hydrogen-bond acceptors (Lipinski definition) is 5. The van der Waals surface area contributed by atoms with E-state index in [0.29, 0.717) is 24.8 Å². The number of aliphatic imine (C=N–C) groups is 1. The molecule has 0 fully saturated rings. The van der Waals surface area contributed by atoms with Gasteiger partial charge in [0.05, 0.1) is 23.0 Å². The molecule has 1 heterocycles. The molecule has 2 N–H and O–H groups in total. The standard InChI is InChI=1S/C16H23N5OS2.HI/c1-17-15(19-11-13-12-23-16(20-13)21(2)3)18-9-10-24(22)14-7-5-4-6-8-14;/h4-8,12H,9-11H2,1-3H3,(H2,17,18,19);1H. The first-order valence-electron chi connectivity index (χ1n) is 7.60. The number of nitrogens with one attached hydrogen (secondary N) is 2. The van der Waals surface area contributed by atoms with Crippen LogP contribution < -0.4 is 15.5 Å². The average Bonchev–Trinajstić information content (AvgIpc) is 3.08. The number of halogens is 1. The van der Waals surface area contributed by atoms with Crippen molar-refractivity contribution in [3.63, 3.8) is 0 Å². The quantitative estimate of drug-likeness (QED) is 0.352. The monoisotopic (exact) mass is 493 g/mol. The van der Waals surface area contributed by atoms with Crippen molar-refractivity contribution in [2.45, 2.75) is 11.4 Å². The van der Waals surface area contributed by atoms with Gasteiger partial charge in [0, 0.05) is 43.7 Å². The molecule has 1 unspecified atom stereocenters. The van der Waals surface area contributed by atoms with E-state index in [-0.39, 0.29) is 24.0 Å². The van der Waals surface area contributed by atoms with Gasteiger partial charge in [-0.05, 0) is 12.1 Å². The van der Waals surface area contributed by atoms with E-state index in [4.69, 9.17) is 0 Å². The molecule has 1 aromatic heterocycles. The predicted octanol–water partition coefficient (Wildman–Crippen LogP) is 2.30. The fourth-order valence-electron chi connectivity index (χ4n) is 1.93. The zero-order valence-corrected chi connectivity index (χ0v) is 18.5. The van der Waals surface area contributed by atoms with Crippen LogP contribution in [-0.4, -0.2) is 48.6 Å². The van der Waals surface area contributed by atoms with Gasteiger partial charge in [0.25, 0.3) is 0 Å². The molecule has 9 heteroatoms. The molecule has 1 atom stereocenters. The average molecular weight is 493 g/mol. The van der Waals surface area contributed by atoms with E-state index in [1.54, 1.807) is 18.4 Å². The summed E-state index contributed by atoms with van der Waals surface area (Å²) in [6.07, 6.45) is 0. The lowest BCUT2D eigenvalue weighted by Crippen LogP contribution is -2.38. The Morgan fingerprint density at radius 2 is 2.00 bits per heavy atom. The van der Waals surface area contributed by atoms with Crippen LogP contribution in [0.1, 0.15) is 5.69 Å². The van der Waals surface area contributed by atoms with Crippen molar-refractivity contribution in [1.82, 2.24) is 15.6 Å². The SMILES string of the molecule is CN=C(NCCS(=O)c1ccccc1)NCc1csc(N(C)C)n1.I. The molecule has 1 aromatic carbocycles. The molecule has 2 rings (SSSR count). The highest BCUT2D eigenvalue weighted by Crippen LogP contribution is 2.17. The van der Waals surface area contributed by atoms with E-state index in [2.05, 4.69) is 20.6 Å². The lowest BCUT2D eigenvalue weighted by atomic mass is 10.4. The fraction of sp³-hybridized carbons (Fsp3) is 0.375. The molecule has 0 aliphatic carbocycles. The number of thiazole rings is 1. The number of nitrogens with zero attached hydrogens (tertiary/aromatic N) is 3. The maximum absolute atomic E-state index is 12.2. The Balaban J connectivity index is 0.00000312. The highest BCUT2D eigenvalue weighted by Gasteiger charge is 2.06. The van der Waals surface area contributed by atoms with E-state index < -0.39 is 10.8 Å². The second-order valence-corrected chi connectivity index (χ2v) is 7.64. The largest absolute Gasteiger partial charge is 0.355 e. The predicted molar refractivity (Wildman–Crippen MR) is 118 cm³/mol. The maximum atomic E-state index is 12.2. The third-order valence-electron chi connectivity index (χ3n) is 3.17. The Labute approximate surface area is 172 Å². The van der Waals surface area contributed by atoms with Crippen LogP contribution in [-0.2, 0) is 17.3 Å². The molecule has 0 spiro atoms. The maximum Gasteiger partial charge on any atom is 0.191 e. The van der Waals surface area contributed by atoms with E-state index in [0.717, 1.165) is 15.7 Å². The van der Waals surface area contributed by atoms with Crippen molar-refractivity contribution in [2.24, 2.45) is 4.99 Å². The van der Waals surface area contributed by atoms with Crippen LogP contribution in [0.15, 0.2) is 45.6 Å². The highest BCUT2D eigenvalue weighted by atomic mass is 127. The molecular weight excluding hydrogens is 469 g/mol. The second kappa shape index (κ2) is 11.4. The minimum absolute atomic E-state index is 0. The lowest BCUT2D eigenvalue weighted by Gasteiger charge is -2.11. The van der Waals surface area contributed by atoms with Gasteiger partial charge in [-0.1, -0.05) is 18.2 Å². The summed E-state index contributed by atoms with van der Waals surface area (Å²) < 4.78 is 12.2. The zero-order valence-electron chi connectivity index (χ0n) is 14.6. The van der Waals surface area contributed by atoms with Crippen molar-refractivity contribution >= 4 is 57.2 Å². The summed E-state index contributed by atoms with van der Waals surface area (Å²) in [5.41, 5.74) is 0.972. The Morgan fingerprint density at radius 3 is 2.60 bits per heavy atom. The first-order chi connectivity index (χ1) is 11.6. The molecule has 0 amide bonds. The van der Waals surface area contributed by atoms with Crippen LogP contribution in [0.5, 0.6) is 0 Å². The molecule has 0 radical (unpaired) electrons. The van der Waals surface area contributed by atoms with Crippen LogP contribution in [0.4, 0.5) is 5.13 Å². The Kier molecular flexibility index (Phi) is 9.98. The summed E-state index contributed by atoms with van der Waals surface area (Å²) in [7, 11) is 4.66. The molecule has 0 aliphatic rings. The van der Waals surface area contributed by atoms with Crippen LogP contribution >= 0.6 is 35.3 Å². The van der Waals surface area contributed by atoms with Gasteiger partial charge in [0.2, 0.25) is 0 Å². The number of rotatable bonds is 7. The summed E-state index contributed by atoms with van der Waals surface area (Å²) in [6, 6.07) is 9.49. The third-order valence-corrected chi connectivity index (χ3v) is 5.60. The summed E-state index contributed by atoms with van der Waals surface area (Å²) in [4.78, 5) is 11.5. The van der Waals surface area contributed by atoms with E-state index in [9.17, 15) is 4.21 Å². The number of guanidine groups is 1. The van der Waals surface area contributed by atoms with Crippen LogP contribution in [0, 0.1) is 0 Å². The molecule has 25 heavy (non-hydrogen) atoms. The van der Waals surface area contributed by atoms with Crippen molar-refractivity contribution < 1.29 is 4.21 Å². The van der Waals surface area contributed by atoms with Crippen molar-refractivity contribution in [3.05, 3.63) is 41.4 Å². The van der Waals surface area contributed by atoms with Gasteiger partial charge < -0.3 is 15.5 Å². The lowest BCUT2D eigenvalue weighted by molar-refractivity contribution is 0.681. The van der Waals surface area contributed by atoms with Gasteiger partial charge in [-0.2, -0.15) is 0 Å². The topological polar surface area (TPSA) is 69.6 Å². The highest BCUT2D eigenvalue weighted by molar-refractivity contribution is 14.0. The van der Waals surface area contributed by atoms with Crippen molar-refractivity contribution in [2.75, 3.05) is 38.3 Å². The number of hydrogen-bond donors (Lipinski definition) is 2. The Hall–Kier alpha value is -1.20. The van der Waals surface area contributed by atoms with E-state index in [1.807, 2.05) is 54.7 Å². The zero-order chi connectivity index (χ0) is 17.4. The summed E-state index contributed by atoms with van der Waals surface area (Å²) in [6.45, 7) is 1.19. The molecular formula is C16H24IN5OS2. The van der Waals surface area contributed by atoms with Gasteiger partial charge in [0.1, 0.15) is 0 Å². The molecule has 0 saturated heterocycles. The molecule has 138 valence electrons. The second-order valence-electron chi connectivity index (χ2n) is 5.23. The van der Waals surface area contributed by atoms with Crippen LogP contribution in [0.2, 0.25) is 0 Å². The van der Waals surface area contributed by atoms with Gasteiger partial charge in [-0.15, -0.1) is 35.3 Å². The fourth-order valence-corrected chi connectivity index (χ4v) is 3.67. The molecule has 6 nitrogen and oxygen atoms in total. The number of benzene rings is 1. The molecule has 0 saturated carbocycles. The van der Waals surface area contributed by atoms with Gasteiger partial charge >= 0.3 is 0 Å². The first kappa shape index (κ1) is 21.8. The van der Waals surface area contributed by atoms with Gasteiger partial charge in [-0.25, -0.2) is 4.98 Å². The molecule has 0 bridgehead atoms.